The molecule has 0 N–H and O–H groups in total. The first kappa shape index (κ1) is 11.5. The molecule has 3 atom stereocenters. The molecule has 0 radical (unpaired) electrons. The van der Waals surface area contributed by atoms with Gasteiger partial charge < -0.3 is 9.47 Å². The molecule has 0 aliphatic carbocycles. The van der Waals surface area contributed by atoms with Crippen LogP contribution in [0, 0.1) is 5.92 Å². The molecule has 1 saturated heterocycles. The van der Waals surface area contributed by atoms with Crippen LogP contribution in [0.5, 0.6) is 5.75 Å². The zero-order valence-corrected chi connectivity index (χ0v) is 10.3. The molecule has 0 bridgehead atoms. The van der Waals surface area contributed by atoms with Crippen LogP contribution in [0.2, 0.25) is 0 Å². The maximum atomic E-state index is 5.49. The van der Waals surface area contributed by atoms with Gasteiger partial charge in [-0.3, -0.25) is 0 Å². The molecule has 1 aromatic rings. The van der Waals surface area contributed by atoms with E-state index in [4.69, 9.17) is 9.47 Å². The van der Waals surface area contributed by atoms with Gasteiger partial charge in [0, 0.05) is 0 Å². The highest BCUT2D eigenvalue weighted by Crippen LogP contribution is 2.31. The van der Waals surface area contributed by atoms with E-state index in [-0.39, 0.29) is 0 Å². The SMILES string of the molecule is CCOc1ccc(CC(C)C2OC2C)cc1. The molecule has 1 aliphatic rings. The van der Waals surface area contributed by atoms with Crippen LogP contribution >= 0.6 is 0 Å². The highest BCUT2D eigenvalue weighted by atomic mass is 16.6. The van der Waals surface area contributed by atoms with Gasteiger partial charge in [0.1, 0.15) is 5.75 Å². The van der Waals surface area contributed by atoms with Gasteiger partial charge >= 0.3 is 0 Å². The first-order valence-corrected chi connectivity index (χ1v) is 6.08. The van der Waals surface area contributed by atoms with Crippen LogP contribution in [0.4, 0.5) is 0 Å². The summed E-state index contributed by atoms with van der Waals surface area (Å²) in [5.41, 5.74) is 1.36. The van der Waals surface area contributed by atoms with Gasteiger partial charge in [0.15, 0.2) is 0 Å². The lowest BCUT2D eigenvalue weighted by atomic mass is 9.97. The number of hydrogen-bond acceptors (Lipinski definition) is 2. The number of benzene rings is 1. The van der Waals surface area contributed by atoms with E-state index in [2.05, 4.69) is 26.0 Å². The van der Waals surface area contributed by atoms with Crippen LogP contribution in [0.1, 0.15) is 26.3 Å². The summed E-state index contributed by atoms with van der Waals surface area (Å²) < 4.78 is 10.9. The summed E-state index contributed by atoms with van der Waals surface area (Å²) in [6.45, 7) is 7.12. The summed E-state index contributed by atoms with van der Waals surface area (Å²) in [4.78, 5) is 0. The van der Waals surface area contributed by atoms with E-state index in [9.17, 15) is 0 Å². The van der Waals surface area contributed by atoms with Crippen molar-refractivity contribution in [2.24, 2.45) is 5.92 Å². The summed E-state index contributed by atoms with van der Waals surface area (Å²) in [6, 6.07) is 8.38. The number of epoxide rings is 1. The van der Waals surface area contributed by atoms with Gasteiger partial charge in [0.05, 0.1) is 18.8 Å². The molecule has 1 fully saturated rings. The van der Waals surface area contributed by atoms with E-state index in [0.717, 1.165) is 18.8 Å². The molecular weight excluding hydrogens is 200 g/mol. The fraction of sp³-hybridized carbons (Fsp3) is 0.571. The van der Waals surface area contributed by atoms with Gasteiger partial charge in [-0.15, -0.1) is 0 Å². The Kier molecular flexibility index (Phi) is 3.49. The van der Waals surface area contributed by atoms with Crippen LogP contribution in [0.15, 0.2) is 24.3 Å². The standard InChI is InChI=1S/C14H20O2/c1-4-15-13-7-5-12(6-8-13)9-10(2)14-11(3)16-14/h5-8,10-11,14H,4,9H2,1-3H3. The molecule has 2 rings (SSSR count). The minimum atomic E-state index is 0.456. The topological polar surface area (TPSA) is 21.8 Å². The Bertz CT molecular complexity index is 331. The van der Waals surface area contributed by atoms with Gasteiger partial charge in [0.2, 0.25) is 0 Å². The number of hydrogen-bond donors (Lipinski definition) is 0. The molecule has 0 aromatic heterocycles. The van der Waals surface area contributed by atoms with Gasteiger partial charge in [-0.1, -0.05) is 19.1 Å². The van der Waals surface area contributed by atoms with Crippen LogP contribution in [0.3, 0.4) is 0 Å². The summed E-state index contributed by atoms with van der Waals surface area (Å²) >= 11 is 0. The van der Waals surface area contributed by atoms with E-state index in [1.807, 2.05) is 19.1 Å². The van der Waals surface area contributed by atoms with Gasteiger partial charge in [0.25, 0.3) is 0 Å². The molecule has 1 aliphatic heterocycles. The fourth-order valence-corrected chi connectivity index (χ4v) is 2.18. The fourth-order valence-electron chi connectivity index (χ4n) is 2.18. The molecule has 0 spiro atoms. The number of rotatable bonds is 5. The van der Waals surface area contributed by atoms with Crippen LogP contribution < -0.4 is 4.74 Å². The Labute approximate surface area is 97.6 Å². The first-order chi connectivity index (χ1) is 7.70. The lowest BCUT2D eigenvalue weighted by molar-refractivity contribution is 0.327. The molecule has 2 heteroatoms. The molecule has 0 amide bonds. The van der Waals surface area contributed by atoms with Crippen molar-refractivity contribution in [1.29, 1.82) is 0 Å². The maximum Gasteiger partial charge on any atom is 0.119 e. The van der Waals surface area contributed by atoms with Crippen molar-refractivity contribution in [3.63, 3.8) is 0 Å². The van der Waals surface area contributed by atoms with Crippen molar-refractivity contribution in [1.82, 2.24) is 0 Å². The number of ether oxygens (including phenoxy) is 2. The molecule has 16 heavy (non-hydrogen) atoms. The molecule has 1 aromatic carbocycles. The Morgan fingerprint density at radius 1 is 1.31 bits per heavy atom. The smallest absolute Gasteiger partial charge is 0.119 e. The van der Waals surface area contributed by atoms with Crippen molar-refractivity contribution in [2.45, 2.75) is 39.4 Å². The summed E-state index contributed by atoms with van der Waals surface area (Å²) in [6.07, 6.45) is 2.01. The average Bonchev–Trinajstić information content (AvgIpc) is 2.99. The quantitative estimate of drug-likeness (QED) is 0.711. The normalized spacial score (nSPS) is 25.2. The molecule has 0 saturated carbocycles. The lowest BCUT2D eigenvalue weighted by Crippen LogP contribution is -2.08. The Morgan fingerprint density at radius 2 is 1.94 bits per heavy atom. The van der Waals surface area contributed by atoms with Crippen molar-refractivity contribution in [3.05, 3.63) is 29.8 Å². The maximum absolute atomic E-state index is 5.49. The summed E-state index contributed by atoms with van der Waals surface area (Å²) in [5.74, 6) is 1.56. The van der Waals surface area contributed by atoms with E-state index in [0.29, 0.717) is 18.1 Å². The summed E-state index contributed by atoms with van der Waals surface area (Å²) in [7, 11) is 0. The van der Waals surface area contributed by atoms with E-state index in [1.54, 1.807) is 0 Å². The Hall–Kier alpha value is -1.02. The largest absolute Gasteiger partial charge is 0.494 e. The third kappa shape index (κ3) is 2.76. The predicted molar refractivity (Wildman–Crippen MR) is 64.8 cm³/mol. The molecule has 1 heterocycles. The van der Waals surface area contributed by atoms with E-state index in [1.165, 1.54) is 5.56 Å². The molecule has 2 nitrogen and oxygen atoms in total. The van der Waals surface area contributed by atoms with Crippen molar-refractivity contribution in [3.8, 4) is 5.75 Å². The van der Waals surface area contributed by atoms with Gasteiger partial charge in [-0.05, 0) is 43.9 Å². The molecular formula is C14H20O2. The lowest BCUT2D eigenvalue weighted by Gasteiger charge is -2.09. The second-order valence-corrected chi connectivity index (χ2v) is 4.56. The minimum absolute atomic E-state index is 0.456. The zero-order chi connectivity index (χ0) is 11.5. The zero-order valence-electron chi connectivity index (χ0n) is 10.3. The first-order valence-electron chi connectivity index (χ1n) is 6.08. The third-order valence-corrected chi connectivity index (χ3v) is 3.11. The Morgan fingerprint density at radius 3 is 2.44 bits per heavy atom. The molecule has 3 unspecified atom stereocenters. The van der Waals surface area contributed by atoms with Crippen molar-refractivity contribution < 1.29 is 9.47 Å². The minimum Gasteiger partial charge on any atom is -0.494 e. The monoisotopic (exact) mass is 220 g/mol. The van der Waals surface area contributed by atoms with Gasteiger partial charge in [-0.25, -0.2) is 0 Å². The highest BCUT2D eigenvalue weighted by molar-refractivity contribution is 5.27. The third-order valence-electron chi connectivity index (χ3n) is 3.11. The molecule has 88 valence electrons. The van der Waals surface area contributed by atoms with Crippen LogP contribution in [-0.4, -0.2) is 18.8 Å². The second-order valence-electron chi connectivity index (χ2n) is 4.56. The van der Waals surface area contributed by atoms with Gasteiger partial charge in [-0.2, -0.15) is 0 Å². The van der Waals surface area contributed by atoms with Crippen molar-refractivity contribution >= 4 is 0 Å². The van der Waals surface area contributed by atoms with Crippen molar-refractivity contribution in [2.75, 3.05) is 6.61 Å². The predicted octanol–water partition coefficient (Wildman–Crippen LogP) is 3.05. The second kappa shape index (κ2) is 4.88. The van der Waals surface area contributed by atoms with Crippen LogP contribution in [0.25, 0.3) is 0 Å². The average molecular weight is 220 g/mol. The summed E-state index contributed by atoms with van der Waals surface area (Å²) in [5, 5.41) is 0. The van der Waals surface area contributed by atoms with E-state index < -0.39 is 0 Å². The highest BCUT2D eigenvalue weighted by Gasteiger charge is 2.38. The Balaban J connectivity index is 1.89. The van der Waals surface area contributed by atoms with E-state index >= 15 is 0 Å². The van der Waals surface area contributed by atoms with Crippen LogP contribution in [-0.2, 0) is 11.2 Å².